The normalized spacial score (nSPS) is 12.3. The zero-order valence-corrected chi connectivity index (χ0v) is 21.7. The number of halogens is 7. The highest BCUT2D eigenvalue weighted by Gasteiger charge is 2.37. The summed E-state index contributed by atoms with van der Waals surface area (Å²) < 4.78 is 81.8. The number of aromatic nitrogens is 3. The highest BCUT2D eigenvalue weighted by atomic mass is 79.9. The van der Waals surface area contributed by atoms with Crippen molar-refractivity contribution in [3.63, 3.8) is 0 Å². The second kappa shape index (κ2) is 11.5. The third-order valence-electron chi connectivity index (χ3n) is 5.70. The van der Waals surface area contributed by atoms with Crippen LogP contribution in [0.5, 0.6) is 0 Å². The van der Waals surface area contributed by atoms with Gasteiger partial charge in [-0.05, 0) is 63.8 Å². The molecule has 0 aliphatic heterocycles. The maximum absolute atomic E-state index is 14.1. The minimum atomic E-state index is -4.76. The number of nitrogens with two attached hydrogens (primary N) is 1. The third kappa shape index (κ3) is 6.68. The van der Waals surface area contributed by atoms with E-state index < -0.39 is 59.3 Å². The van der Waals surface area contributed by atoms with Gasteiger partial charge in [0.15, 0.2) is 5.69 Å². The number of pyridine rings is 1. The summed E-state index contributed by atoms with van der Waals surface area (Å²) in [6.45, 7) is -0.632. The van der Waals surface area contributed by atoms with Gasteiger partial charge in [-0.1, -0.05) is 12.1 Å². The smallest absolute Gasteiger partial charge is 0.366 e. The third-order valence-corrected chi connectivity index (χ3v) is 6.28. The van der Waals surface area contributed by atoms with Gasteiger partial charge in [0, 0.05) is 24.0 Å². The van der Waals surface area contributed by atoms with Crippen LogP contribution in [0.1, 0.15) is 33.4 Å². The van der Waals surface area contributed by atoms with Crippen molar-refractivity contribution in [2.24, 2.45) is 5.73 Å². The lowest BCUT2D eigenvalue weighted by Gasteiger charge is -2.22. The van der Waals surface area contributed by atoms with E-state index in [9.17, 15) is 35.9 Å². The van der Waals surface area contributed by atoms with E-state index in [2.05, 4.69) is 31.3 Å². The Labute approximate surface area is 231 Å². The molecular formula is C26H18BrF6N5O2. The molecule has 0 bridgehead atoms. The standard InChI is InChI=1S/C26H18BrF6N5O2/c27-19-11-38(37-24(19)26(31,32)33)12-22(39)36-21(8-13-6-15(28)10-16(29)7-13)23-17(2-1-5-35-23)14-3-4-20(30)18(9-14)25(34)40/h1-7,9-11,21H,8,12H2,(H2,34,40)(H,36,39). The molecule has 4 aromatic rings. The molecule has 40 heavy (non-hydrogen) atoms. The van der Waals surface area contributed by atoms with Crippen LogP contribution >= 0.6 is 15.9 Å². The van der Waals surface area contributed by atoms with Gasteiger partial charge in [-0.2, -0.15) is 18.3 Å². The molecule has 0 saturated heterocycles. The van der Waals surface area contributed by atoms with E-state index in [0.29, 0.717) is 17.2 Å². The Morgan fingerprint density at radius 2 is 1.75 bits per heavy atom. The Kier molecular flexibility index (Phi) is 8.28. The molecule has 0 radical (unpaired) electrons. The SMILES string of the molecule is NC(=O)c1cc(-c2cccnc2C(Cc2cc(F)cc(F)c2)NC(=O)Cn2cc(Br)c(C(F)(F)F)n2)ccc1F. The topological polar surface area (TPSA) is 103 Å². The molecule has 7 nitrogen and oxygen atoms in total. The molecule has 2 aromatic carbocycles. The van der Waals surface area contributed by atoms with Gasteiger partial charge in [0.25, 0.3) is 5.91 Å². The predicted molar refractivity (Wildman–Crippen MR) is 134 cm³/mol. The summed E-state index contributed by atoms with van der Waals surface area (Å²) in [5, 5.41) is 6.02. The summed E-state index contributed by atoms with van der Waals surface area (Å²) in [7, 11) is 0. The lowest BCUT2D eigenvalue weighted by atomic mass is 9.94. The number of hydrogen-bond acceptors (Lipinski definition) is 4. The second-order valence-electron chi connectivity index (χ2n) is 8.62. The number of rotatable bonds is 8. The fraction of sp³-hybridized carbons (Fsp3) is 0.154. The molecule has 3 N–H and O–H groups in total. The van der Waals surface area contributed by atoms with Crippen molar-refractivity contribution >= 4 is 27.7 Å². The lowest BCUT2D eigenvalue weighted by Crippen LogP contribution is -2.34. The summed E-state index contributed by atoms with van der Waals surface area (Å²) in [6.07, 6.45) is -2.59. The zero-order chi connectivity index (χ0) is 29.2. The first-order valence-corrected chi connectivity index (χ1v) is 12.2. The highest BCUT2D eigenvalue weighted by Crippen LogP contribution is 2.34. The molecule has 1 atom stereocenters. The monoisotopic (exact) mass is 625 g/mol. The molecule has 0 saturated carbocycles. The quantitative estimate of drug-likeness (QED) is 0.258. The molecule has 0 spiro atoms. The molecule has 0 fully saturated rings. The maximum Gasteiger partial charge on any atom is 0.436 e. The zero-order valence-electron chi connectivity index (χ0n) is 20.1. The first kappa shape index (κ1) is 28.8. The van der Waals surface area contributed by atoms with Crippen molar-refractivity contribution in [1.82, 2.24) is 20.1 Å². The Morgan fingerprint density at radius 1 is 1.05 bits per heavy atom. The van der Waals surface area contributed by atoms with Crippen LogP contribution in [0.4, 0.5) is 26.3 Å². The summed E-state index contributed by atoms with van der Waals surface area (Å²) in [4.78, 5) is 29.0. The molecule has 1 unspecified atom stereocenters. The molecule has 2 amide bonds. The molecule has 4 rings (SSSR count). The summed E-state index contributed by atoms with van der Waals surface area (Å²) >= 11 is 2.77. The number of amides is 2. The van der Waals surface area contributed by atoms with Gasteiger partial charge in [-0.3, -0.25) is 19.3 Å². The van der Waals surface area contributed by atoms with Gasteiger partial charge in [0.05, 0.1) is 21.8 Å². The number of nitrogens with one attached hydrogen (secondary N) is 1. The van der Waals surface area contributed by atoms with Crippen LogP contribution in [-0.2, 0) is 23.9 Å². The molecule has 2 heterocycles. The van der Waals surface area contributed by atoms with Crippen LogP contribution in [0.25, 0.3) is 11.1 Å². The average molecular weight is 626 g/mol. The number of alkyl halides is 3. The van der Waals surface area contributed by atoms with Crippen molar-refractivity contribution in [3.05, 3.63) is 105 Å². The van der Waals surface area contributed by atoms with Crippen LogP contribution in [0, 0.1) is 17.5 Å². The fourth-order valence-electron chi connectivity index (χ4n) is 4.06. The van der Waals surface area contributed by atoms with Gasteiger partial charge >= 0.3 is 6.18 Å². The Balaban J connectivity index is 1.72. The van der Waals surface area contributed by atoms with Gasteiger partial charge in [0.2, 0.25) is 5.91 Å². The van der Waals surface area contributed by atoms with E-state index in [1.807, 2.05) is 0 Å². The fourth-order valence-corrected chi connectivity index (χ4v) is 4.60. The Hall–Kier alpha value is -4.20. The molecule has 14 heteroatoms. The number of hydrogen-bond donors (Lipinski definition) is 2. The van der Waals surface area contributed by atoms with Gasteiger partial charge in [0.1, 0.15) is 24.0 Å². The van der Waals surface area contributed by atoms with Crippen molar-refractivity contribution in [3.8, 4) is 11.1 Å². The van der Waals surface area contributed by atoms with Crippen LogP contribution in [-0.4, -0.2) is 26.6 Å². The van der Waals surface area contributed by atoms with Crippen LogP contribution < -0.4 is 11.1 Å². The van der Waals surface area contributed by atoms with E-state index in [1.165, 1.54) is 24.4 Å². The van der Waals surface area contributed by atoms with E-state index >= 15 is 0 Å². The van der Waals surface area contributed by atoms with Crippen LogP contribution in [0.3, 0.4) is 0 Å². The summed E-state index contributed by atoms with van der Waals surface area (Å²) in [5.41, 5.74) is 4.57. The number of primary amides is 1. The lowest BCUT2D eigenvalue weighted by molar-refractivity contribution is -0.142. The average Bonchev–Trinajstić information content (AvgIpc) is 3.23. The predicted octanol–water partition coefficient (Wildman–Crippen LogP) is 5.34. The molecular weight excluding hydrogens is 608 g/mol. The molecule has 208 valence electrons. The van der Waals surface area contributed by atoms with Gasteiger partial charge in [-0.15, -0.1) is 0 Å². The summed E-state index contributed by atoms with van der Waals surface area (Å²) in [5.74, 6) is -4.41. The number of carbonyl (C=O) groups is 2. The number of nitrogens with zero attached hydrogens (tertiary/aromatic N) is 3. The van der Waals surface area contributed by atoms with Crippen molar-refractivity contribution in [1.29, 1.82) is 0 Å². The Morgan fingerprint density at radius 3 is 2.38 bits per heavy atom. The minimum absolute atomic E-state index is 0.137. The van der Waals surface area contributed by atoms with Gasteiger partial charge < -0.3 is 11.1 Å². The van der Waals surface area contributed by atoms with E-state index in [-0.39, 0.29) is 22.2 Å². The van der Waals surface area contributed by atoms with Crippen molar-refractivity contribution in [2.75, 3.05) is 0 Å². The number of benzene rings is 2. The molecule has 0 aliphatic carbocycles. The number of carbonyl (C=O) groups excluding carboxylic acids is 2. The first-order valence-electron chi connectivity index (χ1n) is 11.4. The van der Waals surface area contributed by atoms with E-state index in [1.54, 1.807) is 6.07 Å². The Bertz CT molecular complexity index is 1570. The van der Waals surface area contributed by atoms with Crippen molar-refractivity contribution < 1.29 is 35.9 Å². The second-order valence-corrected chi connectivity index (χ2v) is 9.47. The minimum Gasteiger partial charge on any atom is -0.366 e. The van der Waals surface area contributed by atoms with Gasteiger partial charge in [-0.25, -0.2) is 13.2 Å². The first-order chi connectivity index (χ1) is 18.8. The summed E-state index contributed by atoms with van der Waals surface area (Å²) in [6, 6.07) is 8.35. The van der Waals surface area contributed by atoms with Crippen molar-refractivity contribution in [2.45, 2.75) is 25.2 Å². The molecule has 0 aliphatic rings. The van der Waals surface area contributed by atoms with E-state index in [0.717, 1.165) is 29.1 Å². The molecule has 2 aromatic heterocycles. The largest absolute Gasteiger partial charge is 0.436 e. The maximum atomic E-state index is 14.1. The highest BCUT2D eigenvalue weighted by molar-refractivity contribution is 9.10. The van der Waals surface area contributed by atoms with E-state index in [4.69, 9.17) is 5.73 Å². The van der Waals surface area contributed by atoms with Crippen LogP contribution in [0.2, 0.25) is 0 Å². The van der Waals surface area contributed by atoms with Crippen LogP contribution in [0.15, 0.2) is 65.4 Å².